The van der Waals surface area contributed by atoms with E-state index >= 15 is 0 Å². The average Bonchev–Trinajstić information content (AvgIpc) is 2.46. The number of nitrogens with one attached hydrogen (secondary N) is 1. The topological polar surface area (TPSA) is 67.6 Å². The molecule has 2 rings (SSSR count). The van der Waals surface area contributed by atoms with Crippen molar-refractivity contribution in [1.29, 1.82) is 0 Å². The van der Waals surface area contributed by atoms with Crippen molar-refractivity contribution in [2.24, 2.45) is 5.73 Å². The minimum Gasteiger partial charge on any atom is -0.376 e. The summed E-state index contributed by atoms with van der Waals surface area (Å²) in [5.41, 5.74) is 7.43. The molecule has 1 amide bonds. The molecule has 1 heterocycles. The molecule has 5 nitrogen and oxygen atoms in total. The summed E-state index contributed by atoms with van der Waals surface area (Å²) in [7, 11) is 0. The van der Waals surface area contributed by atoms with Gasteiger partial charge >= 0.3 is 0 Å². The number of hydrogen-bond acceptors (Lipinski definition) is 4. The van der Waals surface area contributed by atoms with Gasteiger partial charge < -0.3 is 15.8 Å². The summed E-state index contributed by atoms with van der Waals surface area (Å²) in [6.07, 6.45) is 0.746. The van der Waals surface area contributed by atoms with Crippen molar-refractivity contribution in [1.82, 2.24) is 4.90 Å². The number of nitrogens with zero attached hydrogens (tertiary/aromatic N) is 1. The molecule has 0 saturated carbocycles. The second-order valence-corrected chi connectivity index (χ2v) is 5.14. The predicted octanol–water partition coefficient (Wildman–Crippen LogP) is 1.19. The van der Waals surface area contributed by atoms with Gasteiger partial charge in [0, 0.05) is 38.3 Å². The summed E-state index contributed by atoms with van der Waals surface area (Å²) in [5.74, 6) is 0.0324. The molecule has 0 aromatic heterocycles. The van der Waals surface area contributed by atoms with E-state index in [1.54, 1.807) is 0 Å². The van der Waals surface area contributed by atoms with Gasteiger partial charge in [-0.1, -0.05) is 18.2 Å². The largest absolute Gasteiger partial charge is 0.376 e. The molecule has 1 aliphatic rings. The highest BCUT2D eigenvalue weighted by Crippen LogP contribution is 2.14. The third-order valence-corrected chi connectivity index (χ3v) is 3.49. The number of benzene rings is 1. The van der Waals surface area contributed by atoms with Crippen LogP contribution in [0.2, 0.25) is 0 Å². The fourth-order valence-electron chi connectivity index (χ4n) is 2.39. The Balaban J connectivity index is 1.80. The number of amides is 1. The van der Waals surface area contributed by atoms with Crippen LogP contribution in [0, 0.1) is 0 Å². The number of para-hydroxylation sites is 1. The predicted molar refractivity (Wildman–Crippen MR) is 79.4 cm³/mol. The Morgan fingerprint density at radius 3 is 3.05 bits per heavy atom. The third kappa shape index (κ3) is 4.30. The molecule has 20 heavy (non-hydrogen) atoms. The third-order valence-electron chi connectivity index (χ3n) is 3.49. The molecule has 1 fully saturated rings. The first-order valence-electron chi connectivity index (χ1n) is 7.11. The molecule has 1 aliphatic heterocycles. The van der Waals surface area contributed by atoms with Gasteiger partial charge in [0.1, 0.15) is 0 Å². The van der Waals surface area contributed by atoms with Crippen LogP contribution < -0.4 is 11.1 Å². The maximum absolute atomic E-state index is 12.0. The summed E-state index contributed by atoms with van der Waals surface area (Å²) < 4.78 is 5.48. The van der Waals surface area contributed by atoms with Crippen LogP contribution in [0.1, 0.15) is 18.9 Å². The van der Waals surface area contributed by atoms with E-state index in [1.165, 1.54) is 0 Å². The highest BCUT2D eigenvalue weighted by atomic mass is 16.5. The van der Waals surface area contributed by atoms with Gasteiger partial charge in [-0.15, -0.1) is 0 Å². The summed E-state index contributed by atoms with van der Waals surface area (Å²) in [5, 5.41) is 2.94. The maximum atomic E-state index is 12.0. The average molecular weight is 277 g/mol. The van der Waals surface area contributed by atoms with Gasteiger partial charge in [0.25, 0.3) is 0 Å². The van der Waals surface area contributed by atoms with Gasteiger partial charge in [-0.3, -0.25) is 9.69 Å². The zero-order valence-electron chi connectivity index (χ0n) is 12.0. The van der Waals surface area contributed by atoms with E-state index in [9.17, 15) is 4.79 Å². The number of hydrogen-bond donors (Lipinski definition) is 2. The fourth-order valence-corrected chi connectivity index (χ4v) is 2.39. The molecule has 1 unspecified atom stereocenters. The Morgan fingerprint density at radius 2 is 2.30 bits per heavy atom. The zero-order valence-corrected chi connectivity index (χ0v) is 12.0. The lowest BCUT2D eigenvalue weighted by molar-refractivity contribution is -0.117. The summed E-state index contributed by atoms with van der Waals surface area (Å²) >= 11 is 0. The molecule has 0 bridgehead atoms. The van der Waals surface area contributed by atoms with Crippen molar-refractivity contribution in [3.05, 3.63) is 29.8 Å². The van der Waals surface area contributed by atoms with Crippen molar-refractivity contribution in [2.75, 3.05) is 31.6 Å². The zero-order chi connectivity index (χ0) is 14.4. The van der Waals surface area contributed by atoms with Crippen molar-refractivity contribution >= 4 is 11.6 Å². The van der Waals surface area contributed by atoms with Crippen molar-refractivity contribution in [3.8, 4) is 0 Å². The second-order valence-electron chi connectivity index (χ2n) is 5.14. The number of nitrogens with two attached hydrogens (primary N) is 1. The minimum atomic E-state index is 0.0324. The number of anilines is 1. The minimum absolute atomic E-state index is 0.0324. The normalized spacial score (nSPS) is 19.8. The van der Waals surface area contributed by atoms with Crippen LogP contribution in [0.25, 0.3) is 0 Å². The summed E-state index contributed by atoms with van der Waals surface area (Å²) in [6.45, 7) is 5.80. The Morgan fingerprint density at radius 1 is 1.50 bits per heavy atom. The van der Waals surface area contributed by atoms with Crippen LogP contribution in [0.4, 0.5) is 5.69 Å². The van der Waals surface area contributed by atoms with Crippen molar-refractivity contribution < 1.29 is 9.53 Å². The maximum Gasteiger partial charge on any atom is 0.225 e. The molecule has 1 aromatic rings. The lowest BCUT2D eigenvalue weighted by Gasteiger charge is -2.30. The van der Waals surface area contributed by atoms with Gasteiger partial charge in [-0.05, 0) is 18.6 Å². The first-order valence-corrected chi connectivity index (χ1v) is 7.11. The summed E-state index contributed by atoms with van der Waals surface area (Å²) in [6, 6.07) is 7.64. The molecule has 0 spiro atoms. The molecule has 0 aliphatic carbocycles. The first kappa shape index (κ1) is 15.0. The van der Waals surface area contributed by atoms with Gasteiger partial charge in [-0.25, -0.2) is 0 Å². The van der Waals surface area contributed by atoms with E-state index in [2.05, 4.69) is 17.1 Å². The van der Waals surface area contributed by atoms with Crippen molar-refractivity contribution in [3.63, 3.8) is 0 Å². The van der Waals surface area contributed by atoms with Gasteiger partial charge in [0.2, 0.25) is 5.91 Å². The van der Waals surface area contributed by atoms with Crippen LogP contribution in [0.5, 0.6) is 0 Å². The molecule has 1 atom stereocenters. The van der Waals surface area contributed by atoms with Crippen LogP contribution >= 0.6 is 0 Å². The Labute approximate surface area is 120 Å². The summed E-state index contributed by atoms with van der Waals surface area (Å²) in [4.78, 5) is 14.3. The Hall–Kier alpha value is -1.43. The molecule has 0 radical (unpaired) electrons. The number of rotatable bonds is 5. The van der Waals surface area contributed by atoms with E-state index in [4.69, 9.17) is 10.5 Å². The van der Waals surface area contributed by atoms with E-state index < -0.39 is 0 Å². The van der Waals surface area contributed by atoms with E-state index in [1.807, 2.05) is 24.3 Å². The SMILES string of the molecule is CC1CN(CCC(=O)Nc2ccccc2CN)CCO1. The van der Waals surface area contributed by atoms with Gasteiger partial charge in [0.05, 0.1) is 12.7 Å². The Kier molecular flexibility index (Phi) is 5.52. The van der Waals surface area contributed by atoms with Crippen LogP contribution in [0.15, 0.2) is 24.3 Å². The van der Waals surface area contributed by atoms with Crippen LogP contribution in [0.3, 0.4) is 0 Å². The Bertz CT molecular complexity index is 450. The molecular formula is C15H23N3O2. The highest BCUT2D eigenvalue weighted by Gasteiger charge is 2.17. The molecule has 110 valence electrons. The lowest BCUT2D eigenvalue weighted by atomic mass is 10.1. The number of ether oxygens (including phenoxy) is 1. The smallest absolute Gasteiger partial charge is 0.225 e. The standard InChI is InChI=1S/C15H23N3O2/c1-12-11-18(8-9-20-12)7-6-15(19)17-14-5-3-2-4-13(14)10-16/h2-5,12H,6-11,16H2,1H3,(H,17,19). The molecule has 3 N–H and O–H groups in total. The lowest BCUT2D eigenvalue weighted by Crippen LogP contribution is -2.42. The van der Waals surface area contributed by atoms with Crippen molar-refractivity contribution in [2.45, 2.75) is 26.0 Å². The molecule has 1 saturated heterocycles. The quantitative estimate of drug-likeness (QED) is 0.848. The number of carbonyl (C=O) groups excluding carboxylic acids is 1. The van der Waals surface area contributed by atoms with Crippen LogP contribution in [-0.4, -0.2) is 43.2 Å². The molecule has 1 aromatic carbocycles. The number of carbonyl (C=O) groups is 1. The molecular weight excluding hydrogens is 254 g/mol. The monoisotopic (exact) mass is 277 g/mol. The van der Waals surface area contributed by atoms with E-state index in [0.29, 0.717) is 13.0 Å². The van der Waals surface area contributed by atoms with Gasteiger partial charge in [0.15, 0.2) is 0 Å². The second kappa shape index (κ2) is 7.38. The first-order chi connectivity index (χ1) is 9.69. The van der Waals surface area contributed by atoms with Gasteiger partial charge in [-0.2, -0.15) is 0 Å². The van der Waals surface area contributed by atoms with E-state index in [0.717, 1.165) is 37.5 Å². The van der Waals surface area contributed by atoms with Crippen LogP contribution in [-0.2, 0) is 16.1 Å². The number of morpholine rings is 1. The highest BCUT2D eigenvalue weighted by molar-refractivity contribution is 5.91. The molecule has 5 heteroatoms. The fraction of sp³-hybridized carbons (Fsp3) is 0.533. The van der Waals surface area contributed by atoms with E-state index in [-0.39, 0.29) is 12.0 Å².